The number of rotatable bonds is 3. The second-order valence-corrected chi connectivity index (χ2v) is 8.09. The van der Waals surface area contributed by atoms with Crippen LogP contribution in [-0.4, -0.2) is 6.21 Å². The number of hydrogen-bond donors (Lipinski definition) is 0. The highest BCUT2D eigenvalue weighted by atomic mass is 14.7. The van der Waals surface area contributed by atoms with E-state index in [9.17, 15) is 0 Å². The Morgan fingerprint density at radius 2 is 1.28 bits per heavy atom. The Morgan fingerprint density at radius 1 is 0.720 bits per heavy atom. The van der Waals surface area contributed by atoms with Crippen LogP contribution < -0.4 is 0 Å². The van der Waals surface area contributed by atoms with E-state index in [2.05, 4.69) is 90.2 Å². The van der Waals surface area contributed by atoms with E-state index in [1.807, 2.05) is 0 Å². The van der Waals surface area contributed by atoms with Crippen molar-refractivity contribution in [3.8, 4) is 0 Å². The first-order valence-corrected chi connectivity index (χ1v) is 9.61. The van der Waals surface area contributed by atoms with Gasteiger partial charge in [0.25, 0.3) is 0 Å². The molecule has 0 amide bonds. The third kappa shape index (κ3) is 3.29. The van der Waals surface area contributed by atoms with E-state index in [0.29, 0.717) is 17.8 Å². The van der Waals surface area contributed by atoms with E-state index in [1.54, 1.807) is 0 Å². The van der Waals surface area contributed by atoms with Gasteiger partial charge in [-0.2, -0.15) is 0 Å². The minimum Gasteiger partial charge on any atom is -0.256 e. The molecule has 0 N–H and O–H groups in total. The van der Waals surface area contributed by atoms with Gasteiger partial charge in [-0.3, -0.25) is 4.99 Å². The molecule has 25 heavy (non-hydrogen) atoms. The Balaban J connectivity index is 1.99. The smallest absolute Gasteiger partial charge is 0.0688 e. The average molecular weight is 334 g/mol. The van der Waals surface area contributed by atoms with Crippen molar-refractivity contribution < 1.29 is 0 Å². The molecule has 0 saturated heterocycles. The second-order valence-electron chi connectivity index (χ2n) is 8.09. The molecule has 3 rings (SSSR count). The normalized spacial score (nSPS) is 29.4. The van der Waals surface area contributed by atoms with Crippen molar-refractivity contribution in [1.82, 2.24) is 0 Å². The molecule has 0 heterocycles. The van der Waals surface area contributed by atoms with E-state index in [4.69, 9.17) is 4.99 Å². The van der Waals surface area contributed by atoms with Crippen LogP contribution in [-0.2, 0) is 0 Å². The summed E-state index contributed by atoms with van der Waals surface area (Å²) in [5.74, 6) is 3.57. The van der Waals surface area contributed by atoms with Crippen LogP contribution in [0.4, 0.5) is 5.69 Å². The highest BCUT2D eigenvalue weighted by Crippen LogP contribution is 2.51. The van der Waals surface area contributed by atoms with Gasteiger partial charge in [0.05, 0.1) is 5.69 Å². The maximum atomic E-state index is 4.87. The summed E-state index contributed by atoms with van der Waals surface area (Å²) in [6.07, 6.45) is 2.08. The molecule has 1 aliphatic rings. The summed E-state index contributed by atoms with van der Waals surface area (Å²) in [6.45, 7) is 14.0. The van der Waals surface area contributed by atoms with Gasteiger partial charge < -0.3 is 0 Å². The Hall–Kier alpha value is -1.89. The fraction of sp³-hybridized carbons (Fsp3) is 0.458. The molecule has 0 bridgehead atoms. The second kappa shape index (κ2) is 7.15. The first kappa shape index (κ1) is 17.9. The van der Waals surface area contributed by atoms with Crippen LogP contribution in [0.2, 0.25) is 0 Å². The van der Waals surface area contributed by atoms with Crippen molar-refractivity contribution in [2.24, 2.45) is 28.7 Å². The molecule has 1 heteroatoms. The number of hydrogen-bond acceptors (Lipinski definition) is 1. The van der Waals surface area contributed by atoms with Crippen LogP contribution in [0, 0.1) is 37.5 Å². The quantitative estimate of drug-likeness (QED) is 0.554. The zero-order valence-electron chi connectivity index (χ0n) is 16.5. The topological polar surface area (TPSA) is 12.4 Å². The standard InChI is InChI=1S/C24H31N/c1-15-10-9-11-16(2)24(15)25-14-21-12-7-8-13-22(21)23-19(5)17(3)18(4)20(23)6/h7-14,17-20,23H,1-6H3. The summed E-state index contributed by atoms with van der Waals surface area (Å²) in [5, 5.41) is 0. The lowest BCUT2D eigenvalue weighted by molar-refractivity contribution is 0.352. The van der Waals surface area contributed by atoms with E-state index >= 15 is 0 Å². The Labute approximate surface area is 153 Å². The van der Waals surface area contributed by atoms with Crippen molar-refractivity contribution in [2.75, 3.05) is 0 Å². The Morgan fingerprint density at radius 3 is 1.88 bits per heavy atom. The summed E-state index contributed by atoms with van der Waals surface area (Å²) in [6, 6.07) is 15.2. The van der Waals surface area contributed by atoms with Gasteiger partial charge >= 0.3 is 0 Å². The third-order valence-electron chi connectivity index (χ3n) is 6.75. The average Bonchev–Trinajstić information content (AvgIpc) is 2.78. The first-order chi connectivity index (χ1) is 11.9. The summed E-state index contributed by atoms with van der Waals surface area (Å²) >= 11 is 0. The summed E-state index contributed by atoms with van der Waals surface area (Å²) < 4.78 is 0. The largest absolute Gasteiger partial charge is 0.256 e. The van der Waals surface area contributed by atoms with Crippen LogP contribution in [0.5, 0.6) is 0 Å². The molecule has 1 aliphatic carbocycles. The molecule has 0 radical (unpaired) electrons. The van der Waals surface area contributed by atoms with E-state index in [-0.39, 0.29) is 0 Å². The van der Waals surface area contributed by atoms with Crippen LogP contribution in [0.1, 0.15) is 55.9 Å². The molecule has 2 aromatic rings. The number of aliphatic imine (C=N–C) groups is 1. The lowest BCUT2D eigenvalue weighted by Crippen LogP contribution is -2.13. The molecule has 132 valence electrons. The zero-order valence-corrected chi connectivity index (χ0v) is 16.5. The van der Waals surface area contributed by atoms with Gasteiger partial charge in [0, 0.05) is 6.21 Å². The van der Waals surface area contributed by atoms with Gasteiger partial charge in [-0.25, -0.2) is 0 Å². The SMILES string of the molecule is Cc1cccc(C)c1N=Cc1ccccc1C1C(C)C(C)C(C)C1C. The Kier molecular flexibility index (Phi) is 5.13. The highest BCUT2D eigenvalue weighted by Gasteiger charge is 2.42. The first-order valence-electron chi connectivity index (χ1n) is 9.61. The predicted octanol–water partition coefficient (Wildman–Crippen LogP) is 6.70. The van der Waals surface area contributed by atoms with Gasteiger partial charge in [-0.05, 0) is 65.7 Å². The maximum absolute atomic E-state index is 4.87. The minimum atomic E-state index is 0.616. The van der Waals surface area contributed by atoms with Crippen molar-refractivity contribution in [3.05, 3.63) is 64.7 Å². The zero-order chi connectivity index (χ0) is 18.1. The lowest BCUT2D eigenvalue weighted by atomic mass is 9.81. The molecule has 4 unspecified atom stereocenters. The minimum absolute atomic E-state index is 0.616. The van der Waals surface area contributed by atoms with Crippen LogP contribution in [0.25, 0.3) is 0 Å². The van der Waals surface area contributed by atoms with Crippen molar-refractivity contribution in [1.29, 1.82) is 0 Å². The molecule has 0 aliphatic heterocycles. The third-order valence-corrected chi connectivity index (χ3v) is 6.75. The number of para-hydroxylation sites is 1. The van der Waals surface area contributed by atoms with E-state index in [1.165, 1.54) is 22.3 Å². The molecule has 1 fully saturated rings. The number of nitrogens with zero attached hydrogens (tertiary/aromatic N) is 1. The summed E-state index contributed by atoms with van der Waals surface area (Å²) in [4.78, 5) is 4.87. The van der Waals surface area contributed by atoms with E-state index in [0.717, 1.165) is 17.5 Å². The van der Waals surface area contributed by atoms with Gasteiger partial charge in [0.15, 0.2) is 0 Å². The molecule has 0 aromatic heterocycles. The molecular weight excluding hydrogens is 302 g/mol. The predicted molar refractivity (Wildman–Crippen MR) is 109 cm³/mol. The fourth-order valence-corrected chi connectivity index (χ4v) is 4.73. The molecule has 1 saturated carbocycles. The van der Waals surface area contributed by atoms with Crippen molar-refractivity contribution >= 4 is 11.9 Å². The molecule has 2 aromatic carbocycles. The van der Waals surface area contributed by atoms with Gasteiger partial charge in [-0.1, -0.05) is 70.2 Å². The molecular formula is C24H31N. The van der Waals surface area contributed by atoms with Crippen molar-refractivity contribution in [2.45, 2.75) is 47.5 Å². The van der Waals surface area contributed by atoms with Crippen LogP contribution >= 0.6 is 0 Å². The van der Waals surface area contributed by atoms with Crippen LogP contribution in [0.3, 0.4) is 0 Å². The van der Waals surface area contributed by atoms with Gasteiger partial charge in [0.2, 0.25) is 0 Å². The van der Waals surface area contributed by atoms with Crippen LogP contribution in [0.15, 0.2) is 47.5 Å². The molecule has 4 atom stereocenters. The number of aryl methyl sites for hydroxylation is 2. The van der Waals surface area contributed by atoms with Crippen molar-refractivity contribution in [3.63, 3.8) is 0 Å². The van der Waals surface area contributed by atoms with Gasteiger partial charge in [-0.15, -0.1) is 0 Å². The van der Waals surface area contributed by atoms with Gasteiger partial charge in [0.1, 0.15) is 0 Å². The molecule has 0 spiro atoms. The van der Waals surface area contributed by atoms with E-state index < -0.39 is 0 Å². The summed E-state index contributed by atoms with van der Waals surface area (Å²) in [5.41, 5.74) is 6.31. The highest BCUT2D eigenvalue weighted by molar-refractivity contribution is 5.85. The number of benzene rings is 2. The Bertz CT molecular complexity index is 739. The fourth-order valence-electron chi connectivity index (χ4n) is 4.73. The summed E-state index contributed by atoms with van der Waals surface area (Å²) in [7, 11) is 0. The monoisotopic (exact) mass is 333 g/mol. The lowest BCUT2D eigenvalue weighted by Gasteiger charge is -2.23. The maximum Gasteiger partial charge on any atom is 0.0688 e. The molecule has 1 nitrogen and oxygen atoms in total.